The zero-order chi connectivity index (χ0) is 12.3. The van der Waals surface area contributed by atoms with Gasteiger partial charge in [0.05, 0.1) is 0 Å². The van der Waals surface area contributed by atoms with Gasteiger partial charge in [0.15, 0.2) is 6.61 Å². The highest BCUT2D eigenvalue weighted by Gasteiger charge is 2.05. The summed E-state index contributed by atoms with van der Waals surface area (Å²) in [6.45, 7) is 1.93. The lowest BCUT2D eigenvalue weighted by atomic mass is 10.2. The number of ether oxygens (including phenoxy) is 1. The summed E-state index contributed by atoms with van der Waals surface area (Å²) in [5.74, 6) is 0.476. The van der Waals surface area contributed by atoms with Crippen LogP contribution in [0.4, 0.5) is 0 Å². The number of nitrogens with one attached hydrogen (secondary N) is 1. The molecule has 0 fully saturated rings. The number of benzene rings is 1. The normalized spacial score (nSPS) is 10.2. The van der Waals surface area contributed by atoms with Gasteiger partial charge >= 0.3 is 0 Å². The second kappa shape index (κ2) is 4.82. The smallest absolute Gasteiger partial charge is 0.257 e. The molecule has 0 aliphatic carbocycles. The lowest BCUT2D eigenvalue weighted by Gasteiger charge is -2.08. The molecule has 88 valence electrons. The molecule has 0 atom stereocenters. The Bertz CT molecular complexity index is 552. The Morgan fingerprint density at radius 1 is 1.35 bits per heavy atom. The van der Waals surface area contributed by atoms with Gasteiger partial charge in [-0.15, -0.1) is 0 Å². The third kappa shape index (κ3) is 2.53. The van der Waals surface area contributed by atoms with E-state index in [1.807, 2.05) is 37.3 Å². The number of aryl methyl sites for hydroxylation is 1. The van der Waals surface area contributed by atoms with Gasteiger partial charge in [0, 0.05) is 18.1 Å². The van der Waals surface area contributed by atoms with Crippen LogP contribution >= 0.6 is 0 Å². The van der Waals surface area contributed by atoms with E-state index in [-0.39, 0.29) is 12.5 Å². The Balaban J connectivity index is 2.33. The standard InChI is InChI=1S/C13H14N2O2/c1-9-6-7-10-4-3-5-11(13(10)15-9)17-8-12(16)14-2/h3-7H,8H2,1-2H3,(H,14,16). The molecule has 4 heteroatoms. The molecule has 2 aromatic rings. The molecule has 0 aliphatic heterocycles. The Kier molecular flexibility index (Phi) is 3.23. The van der Waals surface area contributed by atoms with E-state index in [2.05, 4.69) is 10.3 Å². The molecule has 0 aliphatic rings. The maximum absolute atomic E-state index is 11.1. The summed E-state index contributed by atoms with van der Waals surface area (Å²) in [5, 5.41) is 3.51. The van der Waals surface area contributed by atoms with E-state index in [4.69, 9.17) is 4.74 Å². The number of pyridine rings is 1. The van der Waals surface area contributed by atoms with Crippen molar-refractivity contribution >= 4 is 16.8 Å². The van der Waals surface area contributed by atoms with E-state index in [0.29, 0.717) is 5.75 Å². The van der Waals surface area contributed by atoms with E-state index in [0.717, 1.165) is 16.6 Å². The first-order valence-electron chi connectivity index (χ1n) is 5.40. The fraction of sp³-hybridized carbons (Fsp3) is 0.231. The summed E-state index contributed by atoms with van der Waals surface area (Å²) in [5.41, 5.74) is 1.71. The van der Waals surface area contributed by atoms with E-state index in [1.54, 1.807) is 7.05 Å². The van der Waals surface area contributed by atoms with Gasteiger partial charge < -0.3 is 10.1 Å². The Morgan fingerprint density at radius 2 is 2.18 bits per heavy atom. The number of likely N-dealkylation sites (N-methyl/N-ethyl adjacent to an activating group) is 1. The van der Waals surface area contributed by atoms with Crippen molar-refractivity contribution in [3.8, 4) is 5.75 Å². The van der Waals surface area contributed by atoms with Crippen molar-refractivity contribution in [1.29, 1.82) is 0 Å². The van der Waals surface area contributed by atoms with Crippen LogP contribution in [0.1, 0.15) is 5.69 Å². The van der Waals surface area contributed by atoms with Gasteiger partial charge in [-0.2, -0.15) is 0 Å². The molecule has 0 saturated carbocycles. The SMILES string of the molecule is CNC(=O)COc1cccc2ccc(C)nc12. The predicted molar refractivity (Wildman–Crippen MR) is 66.0 cm³/mol. The van der Waals surface area contributed by atoms with Crippen molar-refractivity contribution in [2.75, 3.05) is 13.7 Å². The summed E-state index contributed by atoms with van der Waals surface area (Å²) in [7, 11) is 1.58. The third-order valence-electron chi connectivity index (χ3n) is 2.46. The highest BCUT2D eigenvalue weighted by Crippen LogP contribution is 2.23. The maximum Gasteiger partial charge on any atom is 0.257 e. The molecule has 1 aromatic heterocycles. The minimum atomic E-state index is -0.158. The van der Waals surface area contributed by atoms with Gasteiger partial charge in [-0.1, -0.05) is 18.2 Å². The van der Waals surface area contributed by atoms with Crippen LogP contribution in [0.25, 0.3) is 10.9 Å². The average molecular weight is 230 g/mol. The number of para-hydroxylation sites is 1. The van der Waals surface area contributed by atoms with Crippen molar-refractivity contribution in [2.45, 2.75) is 6.92 Å². The molecule has 0 bridgehead atoms. The van der Waals surface area contributed by atoms with Gasteiger partial charge in [0.25, 0.3) is 5.91 Å². The van der Waals surface area contributed by atoms with Crippen molar-refractivity contribution in [3.05, 3.63) is 36.0 Å². The molecular weight excluding hydrogens is 216 g/mol. The van der Waals surface area contributed by atoms with Crippen molar-refractivity contribution in [2.24, 2.45) is 0 Å². The predicted octanol–water partition coefficient (Wildman–Crippen LogP) is 1.67. The summed E-state index contributed by atoms with van der Waals surface area (Å²) in [6.07, 6.45) is 0. The van der Waals surface area contributed by atoms with E-state index >= 15 is 0 Å². The minimum absolute atomic E-state index is 0.00519. The highest BCUT2D eigenvalue weighted by atomic mass is 16.5. The van der Waals surface area contributed by atoms with Gasteiger partial charge in [-0.25, -0.2) is 4.98 Å². The second-order valence-corrected chi connectivity index (χ2v) is 3.74. The molecule has 1 heterocycles. The van der Waals surface area contributed by atoms with Crippen LogP contribution in [0.2, 0.25) is 0 Å². The minimum Gasteiger partial charge on any atom is -0.481 e. The van der Waals surface area contributed by atoms with Gasteiger partial charge in [-0.3, -0.25) is 4.79 Å². The van der Waals surface area contributed by atoms with Crippen molar-refractivity contribution in [3.63, 3.8) is 0 Å². The fourth-order valence-corrected chi connectivity index (χ4v) is 1.55. The van der Waals surface area contributed by atoms with E-state index < -0.39 is 0 Å². The summed E-state index contributed by atoms with van der Waals surface area (Å²) in [6, 6.07) is 9.61. The third-order valence-corrected chi connectivity index (χ3v) is 2.46. The summed E-state index contributed by atoms with van der Waals surface area (Å²) < 4.78 is 5.45. The molecule has 4 nitrogen and oxygen atoms in total. The first-order chi connectivity index (χ1) is 8.20. The topological polar surface area (TPSA) is 51.2 Å². The molecule has 1 amide bonds. The number of hydrogen-bond donors (Lipinski definition) is 1. The first-order valence-corrected chi connectivity index (χ1v) is 5.40. The van der Waals surface area contributed by atoms with Crippen LogP contribution in [0.3, 0.4) is 0 Å². The van der Waals surface area contributed by atoms with Gasteiger partial charge in [-0.05, 0) is 19.1 Å². The molecule has 0 radical (unpaired) electrons. The number of nitrogens with zero attached hydrogens (tertiary/aromatic N) is 1. The molecule has 0 unspecified atom stereocenters. The van der Waals surface area contributed by atoms with Gasteiger partial charge in [0.2, 0.25) is 0 Å². The van der Waals surface area contributed by atoms with Crippen LogP contribution in [-0.2, 0) is 4.79 Å². The number of carbonyl (C=O) groups is 1. The second-order valence-electron chi connectivity index (χ2n) is 3.74. The molecule has 17 heavy (non-hydrogen) atoms. The molecule has 0 saturated heterocycles. The number of rotatable bonds is 3. The highest BCUT2D eigenvalue weighted by molar-refractivity contribution is 5.85. The average Bonchev–Trinajstić information content (AvgIpc) is 2.35. The Hall–Kier alpha value is -2.10. The quantitative estimate of drug-likeness (QED) is 0.872. The molecule has 0 spiro atoms. The molecule has 1 N–H and O–H groups in total. The zero-order valence-corrected chi connectivity index (χ0v) is 9.86. The number of hydrogen-bond acceptors (Lipinski definition) is 3. The van der Waals surface area contributed by atoms with E-state index in [1.165, 1.54) is 0 Å². The molecule has 2 rings (SSSR count). The largest absolute Gasteiger partial charge is 0.481 e. The fourth-order valence-electron chi connectivity index (χ4n) is 1.55. The summed E-state index contributed by atoms with van der Waals surface area (Å²) >= 11 is 0. The number of amides is 1. The van der Waals surface area contributed by atoms with Crippen molar-refractivity contribution < 1.29 is 9.53 Å². The summed E-state index contributed by atoms with van der Waals surface area (Å²) in [4.78, 5) is 15.6. The lowest BCUT2D eigenvalue weighted by molar-refractivity contribution is -0.122. The lowest BCUT2D eigenvalue weighted by Crippen LogP contribution is -2.24. The maximum atomic E-state index is 11.1. The zero-order valence-electron chi connectivity index (χ0n) is 9.86. The number of carbonyl (C=O) groups excluding carboxylic acids is 1. The van der Waals surface area contributed by atoms with Crippen LogP contribution in [0.5, 0.6) is 5.75 Å². The van der Waals surface area contributed by atoms with Crippen LogP contribution < -0.4 is 10.1 Å². The Labute approximate surface area is 99.6 Å². The van der Waals surface area contributed by atoms with Gasteiger partial charge in [0.1, 0.15) is 11.3 Å². The Morgan fingerprint density at radius 3 is 2.94 bits per heavy atom. The monoisotopic (exact) mass is 230 g/mol. The van der Waals surface area contributed by atoms with Crippen LogP contribution in [0, 0.1) is 6.92 Å². The van der Waals surface area contributed by atoms with Crippen molar-refractivity contribution in [1.82, 2.24) is 10.3 Å². The number of fused-ring (bicyclic) bond motifs is 1. The van der Waals surface area contributed by atoms with Crippen LogP contribution in [-0.4, -0.2) is 24.5 Å². The number of aromatic nitrogens is 1. The first kappa shape index (κ1) is 11.4. The van der Waals surface area contributed by atoms with Crippen LogP contribution in [0.15, 0.2) is 30.3 Å². The molecular formula is C13H14N2O2. The van der Waals surface area contributed by atoms with E-state index in [9.17, 15) is 4.79 Å². The molecule has 1 aromatic carbocycles.